The Balaban J connectivity index is 0.650. The zero-order valence-electron chi connectivity index (χ0n) is 64.3. The molecular weight excluding hydrogens is 1390 g/mol. The summed E-state index contributed by atoms with van der Waals surface area (Å²) in [6, 6.07) is 161. The Bertz CT molecular complexity index is 5530. The van der Waals surface area contributed by atoms with Crippen LogP contribution in [-0.2, 0) is 0 Å². The molecule has 0 aliphatic heterocycles. The fourth-order valence-corrected chi connectivity index (χ4v) is 15.4. The second-order valence-electron chi connectivity index (χ2n) is 28.7. The van der Waals surface area contributed by atoms with Gasteiger partial charge in [-0.05, 0) is 341 Å². The lowest BCUT2D eigenvalue weighted by atomic mass is 10.1. The van der Waals surface area contributed by atoms with E-state index in [-0.39, 0.29) is 0 Å². The fourth-order valence-electron chi connectivity index (χ4n) is 15.4. The lowest BCUT2D eigenvalue weighted by molar-refractivity contribution is 1.23. The van der Waals surface area contributed by atoms with Crippen LogP contribution in [0.4, 0.5) is 136 Å². The zero-order valence-corrected chi connectivity index (χ0v) is 64.3. The minimum atomic E-state index is 1.03. The monoisotopic (exact) mass is 1470 g/mol. The largest absolute Gasteiger partial charge is 0.311 e. The maximum Gasteiger partial charge on any atom is 0.0464 e. The van der Waals surface area contributed by atoms with Gasteiger partial charge in [-0.2, -0.15) is 0 Å². The molecule has 550 valence electrons. The van der Waals surface area contributed by atoms with Gasteiger partial charge in [0.2, 0.25) is 0 Å². The van der Waals surface area contributed by atoms with E-state index < -0.39 is 0 Å². The molecule has 0 aromatic heterocycles. The highest BCUT2D eigenvalue weighted by Gasteiger charge is 2.24. The number of aryl methyl sites for hydroxylation is 4. The molecule has 8 nitrogen and oxygen atoms in total. The molecule has 0 N–H and O–H groups in total. The van der Waals surface area contributed by atoms with E-state index in [9.17, 15) is 0 Å². The van der Waals surface area contributed by atoms with E-state index in [4.69, 9.17) is 0 Å². The number of hydrogen-bond donors (Lipinski definition) is 0. The Morgan fingerprint density at radius 1 is 0.0965 bits per heavy atom. The number of benzene rings is 17. The molecule has 0 saturated carbocycles. The van der Waals surface area contributed by atoms with Crippen LogP contribution in [0.3, 0.4) is 0 Å². The highest BCUT2D eigenvalue weighted by Crippen LogP contribution is 2.47. The Morgan fingerprint density at radius 3 is 0.307 bits per heavy atom. The van der Waals surface area contributed by atoms with Crippen LogP contribution in [0.2, 0.25) is 0 Å². The van der Waals surface area contributed by atoms with Crippen molar-refractivity contribution in [2.75, 3.05) is 39.2 Å². The fraction of sp³-hybridized carbons (Fsp3) is 0.0377. The van der Waals surface area contributed by atoms with E-state index >= 15 is 0 Å². The van der Waals surface area contributed by atoms with Gasteiger partial charge >= 0.3 is 0 Å². The number of para-hydroxylation sites is 6. The van der Waals surface area contributed by atoms with Crippen molar-refractivity contribution in [1.82, 2.24) is 0 Å². The molecule has 0 spiro atoms. The van der Waals surface area contributed by atoms with Gasteiger partial charge in [0.05, 0.1) is 0 Å². The molecule has 114 heavy (non-hydrogen) atoms. The molecule has 0 saturated heterocycles. The van der Waals surface area contributed by atoms with E-state index in [1.807, 2.05) is 0 Å². The van der Waals surface area contributed by atoms with Gasteiger partial charge in [-0.15, -0.1) is 0 Å². The first-order chi connectivity index (χ1) is 56.2. The topological polar surface area (TPSA) is 25.9 Å². The third-order valence-corrected chi connectivity index (χ3v) is 20.7. The van der Waals surface area contributed by atoms with Crippen LogP contribution in [0.1, 0.15) is 22.3 Å². The molecule has 0 amide bonds. The molecule has 17 aromatic rings. The summed E-state index contributed by atoms with van der Waals surface area (Å²) in [5.74, 6) is 0. The van der Waals surface area contributed by atoms with Crippen LogP contribution in [0, 0.1) is 27.7 Å². The summed E-state index contributed by atoms with van der Waals surface area (Å²) in [4.78, 5) is 18.7. The molecule has 0 heterocycles. The van der Waals surface area contributed by atoms with E-state index in [0.717, 1.165) is 136 Å². The minimum Gasteiger partial charge on any atom is -0.311 e. The quantitative estimate of drug-likeness (QED) is 0.0591. The summed E-state index contributed by atoms with van der Waals surface area (Å²) in [7, 11) is 0. The summed E-state index contributed by atoms with van der Waals surface area (Å²) in [5, 5.41) is 0. The first-order valence-electron chi connectivity index (χ1n) is 38.9. The second kappa shape index (κ2) is 33.1. The van der Waals surface area contributed by atoms with Crippen molar-refractivity contribution in [3.05, 3.63) is 471 Å². The summed E-state index contributed by atoms with van der Waals surface area (Å²) >= 11 is 0. The second-order valence-corrected chi connectivity index (χ2v) is 28.7. The molecule has 0 fully saturated rings. The number of hydrogen-bond acceptors (Lipinski definition) is 8. The van der Waals surface area contributed by atoms with Gasteiger partial charge in [-0.3, -0.25) is 0 Å². The summed E-state index contributed by atoms with van der Waals surface area (Å²) < 4.78 is 0. The molecule has 0 bridgehead atoms. The Labute approximate surface area is 670 Å². The van der Waals surface area contributed by atoms with E-state index in [1.54, 1.807) is 0 Å². The smallest absolute Gasteiger partial charge is 0.0464 e. The van der Waals surface area contributed by atoms with Crippen LogP contribution in [0.25, 0.3) is 0 Å². The maximum absolute atomic E-state index is 2.34. The SMILES string of the molecule is Cc1cccc(N(c2ccc(N(c3ccccc3)c3ccc(N(c4ccccc4)c4ccc(N(c5ccccc5)c5ccc(N(c6ccccc6)c6ccc(N(c7ccccc7)c7ccc(N(c8ccccc8)c8ccc(N(c9cccc(C)c9)c9cccc(C)c9)cc8)cc7)cc6)cc5)cc4)cc3)cc2)c2cccc(C)c2)c1. The Hall–Kier alpha value is -14.9. The average molecular weight is 1470 g/mol. The zero-order chi connectivity index (χ0) is 77.1. The van der Waals surface area contributed by atoms with Crippen molar-refractivity contribution in [2.45, 2.75) is 27.7 Å². The van der Waals surface area contributed by atoms with Crippen LogP contribution >= 0.6 is 0 Å². The van der Waals surface area contributed by atoms with Gasteiger partial charge in [0.1, 0.15) is 0 Å². The first-order valence-corrected chi connectivity index (χ1v) is 38.9. The molecule has 0 unspecified atom stereocenters. The molecule has 17 aromatic carbocycles. The average Bonchev–Trinajstić information content (AvgIpc) is 0.790. The summed E-state index contributed by atoms with van der Waals surface area (Å²) in [6.45, 7) is 8.59. The third-order valence-electron chi connectivity index (χ3n) is 20.7. The van der Waals surface area contributed by atoms with Crippen molar-refractivity contribution in [2.24, 2.45) is 0 Å². The predicted molar refractivity (Wildman–Crippen MR) is 483 cm³/mol. The lowest BCUT2D eigenvalue weighted by Crippen LogP contribution is -2.14. The van der Waals surface area contributed by atoms with Crippen LogP contribution in [-0.4, -0.2) is 0 Å². The molecular formula is C106H86N8. The van der Waals surface area contributed by atoms with Crippen LogP contribution in [0.15, 0.2) is 449 Å². The summed E-state index contributed by atoms with van der Waals surface area (Å²) in [6.07, 6.45) is 0. The van der Waals surface area contributed by atoms with Crippen LogP contribution in [0.5, 0.6) is 0 Å². The number of rotatable bonds is 24. The van der Waals surface area contributed by atoms with Crippen LogP contribution < -0.4 is 39.2 Å². The van der Waals surface area contributed by atoms with Crippen molar-refractivity contribution in [3.8, 4) is 0 Å². The first kappa shape index (κ1) is 72.0. The Kier molecular flexibility index (Phi) is 20.9. The van der Waals surface area contributed by atoms with E-state index in [0.29, 0.717) is 0 Å². The van der Waals surface area contributed by atoms with E-state index in [1.165, 1.54) is 22.3 Å². The molecule has 0 aliphatic rings. The number of nitrogens with zero attached hydrogens (tertiary/aromatic N) is 8. The highest BCUT2D eigenvalue weighted by atomic mass is 15.2. The van der Waals surface area contributed by atoms with Gasteiger partial charge in [0, 0.05) is 136 Å². The van der Waals surface area contributed by atoms with Gasteiger partial charge in [-0.1, -0.05) is 158 Å². The van der Waals surface area contributed by atoms with Crippen molar-refractivity contribution in [1.29, 1.82) is 0 Å². The van der Waals surface area contributed by atoms with Crippen molar-refractivity contribution in [3.63, 3.8) is 0 Å². The molecule has 0 atom stereocenters. The standard InChI is InChI=1S/C106H86N8/c1-79-27-23-43-103(75-79)113(104-44-24-28-80(2)76-104)101-71-67-99(68-72-101)111(87-39-19-9-20-40-87)97-63-59-95(60-64-97)109(85-35-15-7-16-36-85)93-55-51-91(52-56-93)107(83-31-11-5-12-32-83)89-47-49-90(50-48-89)108(84-33-13-6-14-34-84)92-53-57-94(58-54-92)110(86-37-17-8-18-38-86)96-61-65-98(66-62-96)112(88-41-21-10-22-42-88)100-69-73-102(74-70-100)114(105-45-25-29-81(3)77-105)106-46-26-30-82(4)78-106/h5-78H,1-4H3. The van der Waals surface area contributed by atoms with Gasteiger partial charge < -0.3 is 39.2 Å². The number of anilines is 24. The molecule has 17 rings (SSSR count). The maximum atomic E-state index is 2.34. The van der Waals surface area contributed by atoms with Crippen molar-refractivity contribution < 1.29 is 0 Å². The highest BCUT2D eigenvalue weighted by molar-refractivity contribution is 5.89. The Morgan fingerprint density at radius 2 is 0.193 bits per heavy atom. The van der Waals surface area contributed by atoms with E-state index in [2.05, 4.69) is 516 Å². The molecule has 8 heteroatoms. The molecule has 0 aliphatic carbocycles. The minimum absolute atomic E-state index is 1.03. The third kappa shape index (κ3) is 15.7. The predicted octanol–water partition coefficient (Wildman–Crippen LogP) is 30.7. The van der Waals surface area contributed by atoms with Gasteiger partial charge in [0.25, 0.3) is 0 Å². The van der Waals surface area contributed by atoms with Gasteiger partial charge in [-0.25, -0.2) is 0 Å². The molecule has 0 radical (unpaired) electrons. The lowest BCUT2D eigenvalue weighted by Gasteiger charge is -2.30. The normalized spacial score (nSPS) is 11.0. The van der Waals surface area contributed by atoms with Crippen molar-refractivity contribution >= 4 is 136 Å². The summed E-state index contributed by atoms with van der Waals surface area (Å²) in [5.41, 5.74) is 30.2. The van der Waals surface area contributed by atoms with Gasteiger partial charge in [0.15, 0.2) is 0 Å².